The summed E-state index contributed by atoms with van der Waals surface area (Å²) in [6.07, 6.45) is 12.7. The summed E-state index contributed by atoms with van der Waals surface area (Å²) < 4.78 is 0. The molecule has 0 unspecified atom stereocenters. The van der Waals surface area contributed by atoms with E-state index in [4.69, 9.17) is 0 Å². The Morgan fingerprint density at radius 3 is 3.00 bits per heavy atom. The third-order valence-electron chi connectivity index (χ3n) is 3.75. The first-order valence-corrected chi connectivity index (χ1v) is 7.89. The summed E-state index contributed by atoms with van der Waals surface area (Å²) in [5, 5.41) is 6.26. The average molecular weight is 287 g/mol. The minimum atomic E-state index is 0.0863. The SMILES string of the molecule is O=C(CCNCCC1=CCCCC1)NCc1cccnc1. The molecule has 21 heavy (non-hydrogen) atoms. The number of rotatable bonds is 8. The van der Waals surface area contributed by atoms with Crippen molar-refractivity contribution in [3.8, 4) is 0 Å². The number of allylic oxidation sites excluding steroid dienone is 1. The standard InChI is InChI=1S/C17H25N3O/c21-17(20-14-16-7-4-10-19-13-16)9-12-18-11-8-15-5-2-1-3-6-15/h4-5,7,10,13,18H,1-3,6,8-9,11-12,14H2,(H,20,21). The molecule has 2 rings (SSSR count). The van der Waals surface area contributed by atoms with Crippen LogP contribution in [-0.4, -0.2) is 24.0 Å². The van der Waals surface area contributed by atoms with Crippen LogP contribution in [0.25, 0.3) is 0 Å². The Bertz CT molecular complexity index is 456. The summed E-state index contributed by atoms with van der Waals surface area (Å²) in [5.74, 6) is 0.0863. The summed E-state index contributed by atoms with van der Waals surface area (Å²) in [6.45, 7) is 2.27. The minimum Gasteiger partial charge on any atom is -0.352 e. The number of amides is 1. The molecule has 0 atom stereocenters. The molecule has 114 valence electrons. The minimum absolute atomic E-state index is 0.0863. The van der Waals surface area contributed by atoms with Crippen molar-refractivity contribution in [1.29, 1.82) is 0 Å². The van der Waals surface area contributed by atoms with Crippen LogP contribution in [-0.2, 0) is 11.3 Å². The zero-order valence-electron chi connectivity index (χ0n) is 12.6. The maximum Gasteiger partial charge on any atom is 0.221 e. The third kappa shape index (κ3) is 6.54. The predicted octanol–water partition coefficient (Wildman–Crippen LogP) is 2.57. The number of hydrogen-bond acceptors (Lipinski definition) is 3. The Morgan fingerprint density at radius 1 is 1.29 bits per heavy atom. The van der Waals surface area contributed by atoms with Crippen LogP contribution in [0.1, 0.15) is 44.1 Å². The van der Waals surface area contributed by atoms with Gasteiger partial charge in [-0.05, 0) is 50.3 Å². The second-order valence-corrected chi connectivity index (χ2v) is 5.50. The van der Waals surface area contributed by atoms with E-state index in [0.29, 0.717) is 13.0 Å². The van der Waals surface area contributed by atoms with Crippen LogP contribution in [0.5, 0.6) is 0 Å². The summed E-state index contributed by atoms with van der Waals surface area (Å²) >= 11 is 0. The lowest BCUT2D eigenvalue weighted by Crippen LogP contribution is -2.27. The molecule has 0 saturated carbocycles. The topological polar surface area (TPSA) is 54.0 Å². The van der Waals surface area contributed by atoms with Gasteiger partial charge in [-0.25, -0.2) is 0 Å². The molecule has 4 nitrogen and oxygen atoms in total. The van der Waals surface area contributed by atoms with Crippen LogP contribution in [0.2, 0.25) is 0 Å². The predicted molar refractivity (Wildman–Crippen MR) is 84.7 cm³/mol. The molecule has 0 radical (unpaired) electrons. The van der Waals surface area contributed by atoms with E-state index in [2.05, 4.69) is 21.7 Å². The Hall–Kier alpha value is -1.68. The van der Waals surface area contributed by atoms with E-state index in [1.165, 1.54) is 25.7 Å². The van der Waals surface area contributed by atoms with Gasteiger partial charge >= 0.3 is 0 Å². The van der Waals surface area contributed by atoms with Crippen molar-refractivity contribution in [2.24, 2.45) is 0 Å². The fourth-order valence-corrected chi connectivity index (χ4v) is 2.50. The molecule has 0 bridgehead atoms. The monoisotopic (exact) mass is 287 g/mol. The van der Waals surface area contributed by atoms with Crippen molar-refractivity contribution >= 4 is 5.91 Å². The molecule has 1 aliphatic carbocycles. The van der Waals surface area contributed by atoms with Crippen molar-refractivity contribution in [3.63, 3.8) is 0 Å². The molecule has 4 heteroatoms. The van der Waals surface area contributed by atoms with Crippen molar-refractivity contribution in [1.82, 2.24) is 15.6 Å². The van der Waals surface area contributed by atoms with Gasteiger partial charge in [0.15, 0.2) is 0 Å². The molecule has 0 saturated heterocycles. The van der Waals surface area contributed by atoms with Gasteiger partial charge in [0, 0.05) is 31.9 Å². The number of carbonyl (C=O) groups excluding carboxylic acids is 1. The zero-order chi connectivity index (χ0) is 14.8. The Morgan fingerprint density at radius 2 is 2.24 bits per heavy atom. The van der Waals surface area contributed by atoms with Crippen molar-refractivity contribution in [2.75, 3.05) is 13.1 Å². The largest absolute Gasteiger partial charge is 0.352 e. The summed E-state index contributed by atoms with van der Waals surface area (Å²) in [6, 6.07) is 3.84. The number of aromatic nitrogens is 1. The average Bonchev–Trinajstić information content (AvgIpc) is 2.54. The maximum atomic E-state index is 11.7. The highest BCUT2D eigenvalue weighted by molar-refractivity contribution is 5.76. The lowest BCUT2D eigenvalue weighted by molar-refractivity contribution is -0.121. The lowest BCUT2D eigenvalue weighted by Gasteiger charge is -2.12. The van der Waals surface area contributed by atoms with Crippen LogP contribution >= 0.6 is 0 Å². The summed E-state index contributed by atoms with van der Waals surface area (Å²) in [7, 11) is 0. The molecule has 1 aromatic heterocycles. The van der Waals surface area contributed by atoms with E-state index in [9.17, 15) is 4.79 Å². The van der Waals surface area contributed by atoms with Gasteiger partial charge in [-0.1, -0.05) is 17.7 Å². The van der Waals surface area contributed by atoms with Crippen LogP contribution in [0.3, 0.4) is 0 Å². The quantitative estimate of drug-likeness (QED) is 0.571. The van der Waals surface area contributed by atoms with Gasteiger partial charge in [0.25, 0.3) is 0 Å². The molecule has 0 aromatic carbocycles. The van der Waals surface area contributed by atoms with E-state index in [1.807, 2.05) is 12.1 Å². The summed E-state index contributed by atoms with van der Waals surface area (Å²) in [5.41, 5.74) is 2.61. The van der Waals surface area contributed by atoms with Gasteiger partial charge in [0.05, 0.1) is 0 Å². The van der Waals surface area contributed by atoms with Crippen LogP contribution in [0.15, 0.2) is 36.2 Å². The van der Waals surface area contributed by atoms with Crippen LogP contribution < -0.4 is 10.6 Å². The van der Waals surface area contributed by atoms with E-state index >= 15 is 0 Å². The van der Waals surface area contributed by atoms with Gasteiger partial charge < -0.3 is 10.6 Å². The smallest absolute Gasteiger partial charge is 0.221 e. The Balaban J connectivity index is 1.50. The highest BCUT2D eigenvalue weighted by atomic mass is 16.1. The van der Waals surface area contributed by atoms with E-state index in [-0.39, 0.29) is 5.91 Å². The number of nitrogens with zero attached hydrogens (tertiary/aromatic N) is 1. The van der Waals surface area contributed by atoms with Gasteiger partial charge in [-0.15, -0.1) is 0 Å². The molecule has 0 aliphatic heterocycles. The first kappa shape index (κ1) is 15.7. The third-order valence-corrected chi connectivity index (χ3v) is 3.75. The van der Waals surface area contributed by atoms with E-state index in [1.54, 1.807) is 18.0 Å². The number of carbonyl (C=O) groups is 1. The Labute approximate surface area is 127 Å². The molecule has 2 N–H and O–H groups in total. The van der Waals surface area contributed by atoms with E-state index < -0.39 is 0 Å². The van der Waals surface area contributed by atoms with Crippen molar-refractivity contribution in [3.05, 3.63) is 41.7 Å². The van der Waals surface area contributed by atoms with Gasteiger partial charge in [0.2, 0.25) is 5.91 Å². The molecular formula is C17H25N3O. The first-order valence-electron chi connectivity index (χ1n) is 7.89. The highest BCUT2D eigenvalue weighted by Crippen LogP contribution is 2.19. The zero-order valence-corrected chi connectivity index (χ0v) is 12.6. The van der Waals surface area contributed by atoms with Crippen molar-refractivity contribution < 1.29 is 4.79 Å². The highest BCUT2D eigenvalue weighted by Gasteiger charge is 2.04. The number of hydrogen-bond donors (Lipinski definition) is 2. The molecule has 1 amide bonds. The van der Waals surface area contributed by atoms with Crippen LogP contribution in [0.4, 0.5) is 0 Å². The summed E-state index contributed by atoms with van der Waals surface area (Å²) in [4.78, 5) is 15.7. The fourth-order valence-electron chi connectivity index (χ4n) is 2.50. The molecule has 1 heterocycles. The first-order chi connectivity index (χ1) is 10.3. The fraction of sp³-hybridized carbons (Fsp3) is 0.529. The van der Waals surface area contributed by atoms with Crippen molar-refractivity contribution in [2.45, 2.75) is 45.1 Å². The van der Waals surface area contributed by atoms with Crippen LogP contribution in [0, 0.1) is 0 Å². The second-order valence-electron chi connectivity index (χ2n) is 5.50. The lowest BCUT2D eigenvalue weighted by atomic mass is 9.97. The molecule has 1 aromatic rings. The molecular weight excluding hydrogens is 262 g/mol. The second kappa shape index (κ2) is 9.29. The maximum absolute atomic E-state index is 11.7. The normalized spacial score (nSPS) is 14.6. The van der Waals surface area contributed by atoms with Gasteiger partial charge in [-0.3, -0.25) is 9.78 Å². The number of pyridine rings is 1. The number of nitrogens with one attached hydrogen (secondary N) is 2. The van der Waals surface area contributed by atoms with E-state index in [0.717, 1.165) is 25.1 Å². The molecule has 0 spiro atoms. The molecule has 1 aliphatic rings. The molecule has 0 fully saturated rings. The van der Waals surface area contributed by atoms with Gasteiger partial charge in [0.1, 0.15) is 0 Å². The Kier molecular flexibility index (Phi) is 6.95. The van der Waals surface area contributed by atoms with Gasteiger partial charge in [-0.2, -0.15) is 0 Å².